The van der Waals surface area contributed by atoms with Gasteiger partial charge in [0, 0.05) is 0 Å². The van der Waals surface area contributed by atoms with Gasteiger partial charge in [-0.2, -0.15) is 0 Å². The van der Waals surface area contributed by atoms with Crippen LogP contribution in [0.15, 0.2) is 18.2 Å². The van der Waals surface area contributed by atoms with E-state index < -0.39 is 5.97 Å². The number of hydrogen-bond donors (Lipinski definition) is 1. The van der Waals surface area contributed by atoms with Gasteiger partial charge in [-0.05, 0) is 38.5 Å². The van der Waals surface area contributed by atoms with Crippen LogP contribution in [0.25, 0.3) is 0 Å². The first kappa shape index (κ1) is 18.3. The van der Waals surface area contributed by atoms with Crippen LogP contribution in [0.4, 0.5) is 5.69 Å². The molecule has 0 aliphatic heterocycles. The Labute approximate surface area is 132 Å². The highest BCUT2D eigenvalue weighted by atomic mass is 16.6. The van der Waals surface area contributed by atoms with Gasteiger partial charge in [-0.1, -0.05) is 6.92 Å². The van der Waals surface area contributed by atoms with E-state index in [4.69, 9.17) is 15.2 Å². The van der Waals surface area contributed by atoms with Crippen LogP contribution in [0.1, 0.15) is 37.6 Å². The van der Waals surface area contributed by atoms with E-state index in [-0.39, 0.29) is 17.8 Å². The first-order chi connectivity index (χ1) is 10.5. The molecule has 0 aliphatic rings. The van der Waals surface area contributed by atoms with Gasteiger partial charge in [0.25, 0.3) is 0 Å². The van der Waals surface area contributed by atoms with Crippen molar-refractivity contribution in [2.45, 2.75) is 27.2 Å². The van der Waals surface area contributed by atoms with Crippen LogP contribution in [0.5, 0.6) is 5.75 Å². The monoisotopic (exact) mass is 310 g/mol. The van der Waals surface area contributed by atoms with Crippen LogP contribution < -0.4 is 10.5 Å². The van der Waals surface area contributed by atoms with Crippen LogP contribution in [0, 0.1) is 5.21 Å². The van der Waals surface area contributed by atoms with Crippen molar-refractivity contribution >= 4 is 11.7 Å². The molecule has 0 atom stereocenters. The summed E-state index contributed by atoms with van der Waals surface area (Å²) in [6, 6.07) is 4.81. The topological polar surface area (TPSA) is 84.6 Å². The summed E-state index contributed by atoms with van der Waals surface area (Å²) in [5, 5.41) is 12.1. The molecular formula is C16H26N2O4. The second kappa shape index (κ2) is 8.60. The van der Waals surface area contributed by atoms with Crippen molar-refractivity contribution in [3.05, 3.63) is 29.0 Å². The number of anilines is 1. The van der Waals surface area contributed by atoms with Gasteiger partial charge < -0.3 is 25.1 Å². The maximum atomic E-state index is 12.1. The number of quaternary nitrogens is 1. The highest BCUT2D eigenvalue weighted by Gasteiger charge is 2.14. The molecule has 0 fully saturated rings. The molecule has 22 heavy (non-hydrogen) atoms. The van der Waals surface area contributed by atoms with Crippen LogP contribution in [-0.4, -0.2) is 43.5 Å². The molecule has 2 N–H and O–H groups in total. The Morgan fingerprint density at radius 3 is 2.45 bits per heavy atom. The molecule has 0 aliphatic carbocycles. The Bertz CT molecular complexity index is 487. The van der Waals surface area contributed by atoms with Crippen molar-refractivity contribution in [2.24, 2.45) is 0 Å². The van der Waals surface area contributed by atoms with Crippen molar-refractivity contribution in [3.63, 3.8) is 0 Å². The molecule has 0 unspecified atom stereocenters. The third-order valence-electron chi connectivity index (χ3n) is 3.59. The van der Waals surface area contributed by atoms with E-state index in [1.807, 2.05) is 20.8 Å². The zero-order valence-electron chi connectivity index (χ0n) is 13.6. The molecule has 0 saturated heterocycles. The van der Waals surface area contributed by atoms with Crippen molar-refractivity contribution in [2.75, 3.05) is 38.6 Å². The third kappa shape index (κ3) is 5.20. The Morgan fingerprint density at radius 1 is 1.23 bits per heavy atom. The van der Waals surface area contributed by atoms with Crippen LogP contribution in [0.3, 0.4) is 0 Å². The van der Waals surface area contributed by atoms with Gasteiger partial charge in [0.05, 0.1) is 30.9 Å². The lowest BCUT2D eigenvalue weighted by Gasteiger charge is -2.40. The standard InChI is InChI=1S/C16H26N2O4/c1-4-10-21-15-8-7-13(12-14(15)17)16(19)22-11-9-18(20,5-2)6-3/h7-8,12H,4-6,9-11,17H2,1-3H3. The third-order valence-corrected chi connectivity index (χ3v) is 3.59. The van der Waals surface area contributed by atoms with E-state index >= 15 is 0 Å². The molecule has 0 saturated carbocycles. The van der Waals surface area contributed by atoms with Crippen LogP contribution >= 0.6 is 0 Å². The number of hydroxylamine groups is 3. The van der Waals surface area contributed by atoms with E-state index in [0.717, 1.165) is 6.42 Å². The number of ether oxygens (including phenoxy) is 2. The normalized spacial score (nSPS) is 11.3. The Kier molecular flexibility index (Phi) is 7.14. The fraction of sp³-hybridized carbons (Fsp3) is 0.562. The number of carbonyl (C=O) groups excluding carboxylic acids is 1. The molecule has 0 bridgehead atoms. The van der Waals surface area contributed by atoms with Crippen molar-refractivity contribution < 1.29 is 18.9 Å². The summed E-state index contributed by atoms with van der Waals surface area (Å²) in [7, 11) is 0. The number of nitrogens with two attached hydrogens (primary N) is 1. The molecule has 0 heterocycles. The first-order valence-corrected chi connectivity index (χ1v) is 7.72. The molecule has 0 amide bonds. The number of benzene rings is 1. The molecule has 1 aromatic rings. The number of likely N-dealkylation sites (N-methyl/N-ethyl adjacent to an activating group) is 1. The number of esters is 1. The molecule has 6 nitrogen and oxygen atoms in total. The molecule has 124 valence electrons. The largest absolute Gasteiger partial charge is 0.633 e. The lowest BCUT2D eigenvalue weighted by molar-refractivity contribution is -0.877. The maximum Gasteiger partial charge on any atom is 0.338 e. The summed E-state index contributed by atoms with van der Waals surface area (Å²) >= 11 is 0. The van der Waals surface area contributed by atoms with Gasteiger partial charge >= 0.3 is 5.97 Å². The van der Waals surface area contributed by atoms with Gasteiger partial charge in [0.15, 0.2) is 0 Å². The highest BCUT2D eigenvalue weighted by molar-refractivity contribution is 5.91. The molecule has 0 radical (unpaired) electrons. The van der Waals surface area contributed by atoms with E-state index in [1.165, 1.54) is 6.07 Å². The lowest BCUT2D eigenvalue weighted by Crippen LogP contribution is -2.44. The minimum Gasteiger partial charge on any atom is -0.633 e. The van der Waals surface area contributed by atoms with E-state index in [1.54, 1.807) is 12.1 Å². The van der Waals surface area contributed by atoms with E-state index in [9.17, 15) is 10.0 Å². The summed E-state index contributed by atoms with van der Waals surface area (Å²) in [5.74, 6) is 0.0816. The van der Waals surface area contributed by atoms with Gasteiger partial charge in [0.1, 0.15) is 18.9 Å². The first-order valence-electron chi connectivity index (χ1n) is 7.72. The lowest BCUT2D eigenvalue weighted by atomic mass is 10.2. The van der Waals surface area contributed by atoms with Gasteiger partial charge in [0.2, 0.25) is 0 Å². The minimum absolute atomic E-state index is 0.0952. The van der Waals surface area contributed by atoms with Crippen LogP contribution in [0.2, 0.25) is 0 Å². The Morgan fingerprint density at radius 2 is 1.91 bits per heavy atom. The van der Waals surface area contributed by atoms with E-state index in [2.05, 4.69) is 0 Å². The molecule has 6 heteroatoms. The average Bonchev–Trinajstić information content (AvgIpc) is 2.53. The molecular weight excluding hydrogens is 284 g/mol. The fourth-order valence-electron chi connectivity index (χ4n) is 1.95. The Balaban J connectivity index is 2.57. The summed E-state index contributed by atoms with van der Waals surface area (Å²) in [4.78, 5) is 12.0. The number of carbonyl (C=O) groups is 1. The fourth-order valence-corrected chi connectivity index (χ4v) is 1.95. The smallest absolute Gasteiger partial charge is 0.338 e. The SMILES string of the molecule is CCCOc1ccc(C(=O)OCC[N+]([O-])(CC)CC)cc1N. The zero-order valence-corrected chi connectivity index (χ0v) is 13.6. The summed E-state index contributed by atoms with van der Waals surface area (Å²) in [6.45, 7) is 7.51. The average molecular weight is 310 g/mol. The predicted octanol–water partition coefficient (Wildman–Crippen LogP) is 2.57. The summed E-state index contributed by atoms with van der Waals surface area (Å²) in [6.07, 6.45) is 0.882. The molecule has 0 spiro atoms. The zero-order chi connectivity index (χ0) is 16.6. The number of hydrogen-bond acceptors (Lipinski definition) is 5. The maximum absolute atomic E-state index is 12.1. The van der Waals surface area contributed by atoms with Crippen molar-refractivity contribution in [3.8, 4) is 5.75 Å². The summed E-state index contributed by atoms with van der Waals surface area (Å²) < 4.78 is 10.2. The van der Waals surface area contributed by atoms with E-state index in [0.29, 0.717) is 36.7 Å². The molecule has 0 aromatic heterocycles. The number of nitrogen functional groups attached to an aromatic ring is 1. The van der Waals surface area contributed by atoms with Gasteiger partial charge in [-0.3, -0.25) is 0 Å². The highest BCUT2D eigenvalue weighted by Crippen LogP contribution is 2.23. The van der Waals surface area contributed by atoms with Crippen molar-refractivity contribution in [1.82, 2.24) is 0 Å². The predicted molar refractivity (Wildman–Crippen MR) is 86.5 cm³/mol. The summed E-state index contributed by atoms with van der Waals surface area (Å²) in [5.41, 5.74) is 6.62. The number of rotatable bonds is 9. The quantitative estimate of drug-likeness (QED) is 0.328. The number of nitrogens with zero attached hydrogens (tertiary/aromatic N) is 1. The van der Waals surface area contributed by atoms with Gasteiger partial charge in [-0.15, -0.1) is 0 Å². The second-order valence-electron chi connectivity index (χ2n) is 5.15. The molecule has 1 aromatic carbocycles. The molecule has 1 rings (SSSR count). The van der Waals surface area contributed by atoms with Gasteiger partial charge in [-0.25, -0.2) is 4.79 Å². The second-order valence-corrected chi connectivity index (χ2v) is 5.15. The van der Waals surface area contributed by atoms with Crippen LogP contribution in [-0.2, 0) is 4.74 Å². The van der Waals surface area contributed by atoms with Crippen molar-refractivity contribution in [1.29, 1.82) is 0 Å². The minimum atomic E-state index is -0.479. The Hall–Kier alpha value is -1.79.